The first-order valence-corrected chi connectivity index (χ1v) is 12.6. The van der Waals surface area contributed by atoms with Crippen LogP contribution in [0.5, 0.6) is 0 Å². The van der Waals surface area contributed by atoms with E-state index in [2.05, 4.69) is 82.4 Å². The Kier molecular flexibility index (Phi) is 4.58. The average Bonchev–Trinajstić information content (AvgIpc) is 3.63. The summed E-state index contributed by atoms with van der Waals surface area (Å²) in [5.41, 5.74) is 7.69. The van der Waals surface area contributed by atoms with Gasteiger partial charge in [-0.05, 0) is 55.4 Å². The van der Waals surface area contributed by atoms with Crippen LogP contribution in [-0.4, -0.2) is 25.1 Å². The van der Waals surface area contributed by atoms with Crippen LogP contribution in [0.15, 0.2) is 69.8 Å². The highest BCUT2D eigenvalue weighted by Crippen LogP contribution is 2.55. The molecule has 0 saturated carbocycles. The number of nitrogens with zero attached hydrogens (tertiary/aromatic N) is 5. The molecule has 180 valence electrons. The molecule has 0 unspecified atom stereocenters. The summed E-state index contributed by atoms with van der Waals surface area (Å²) in [7, 11) is 0. The third-order valence-corrected chi connectivity index (χ3v) is 8.25. The maximum Gasteiger partial charge on any atom is 0.278 e. The average molecular weight is 478 g/mol. The minimum Gasteiger partial charge on any atom is -0.361 e. The van der Waals surface area contributed by atoms with Gasteiger partial charge < -0.3 is 9.05 Å². The second-order valence-corrected chi connectivity index (χ2v) is 10.4. The Morgan fingerprint density at radius 2 is 1.78 bits per heavy atom. The Morgan fingerprint density at radius 1 is 1.00 bits per heavy atom. The van der Waals surface area contributed by atoms with Gasteiger partial charge in [0.05, 0.1) is 17.6 Å². The molecule has 0 bridgehead atoms. The molecule has 0 spiro atoms. The normalized spacial score (nSPS) is 22.6. The first kappa shape index (κ1) is 21.3. The van der Waals surface area contributed by atoms with Crippen LogP contribution in [0.4, 0.5) is 0 Å². The fourth-order valence-electron chi connectivity index (χ4n) is 6.62. The minimum absolute atomic E-state index is 0.135. The van der Waals surface area contributed by atoms with Gasteiger partial charge in [0.25, 0.3) is 5.89 Å². The van der Waals surface area contributed by atoms with Crippen molar-refractivity contribution in [3.63, 3.8) is 0 Å². The van der Waals surface area contributed by atoms with E-state index in [4.69, 9.17) is 14.1 Å². The first-order chi connectivity index (χ1) is 17.5. The van der Waals surface area contributed by atoms with Gasteiger partial charge in [0, 0.05) is 22.5 Å². The second kappa shape index (κ2) is 7.75. The van der Waals surface area contributed by atoms with Crippen molar-refractivity contribution >= 4 is 0 Å². The van der Waals surface area contributed by atoms with Crippen LogP contribution in [0.25, 0.3) is 28.4 Å². The summed E-state index contributed by atoms with van der Waals surface area (Å²) in [4.78, 5) is 4.54. The van der Waals surface area contributed by atoms with Crippen molar-refractivity contribution in [3.05, 3.63) is 89.2 Å². The summed E-state index contributed by atoms with van der Waals surface area (Å²) in [5.74, 6) is 2.84. The zero-order chi connectivity index (χ0) is 24.4. The van der Waals surface area contributed by atoms with Crippen LogP contribution in [-0.2, 0) is 18.3 Å². The molecule has 5 aromatic rings. The fourth-order valence-corrected chi connectivity index (χ4v) is 6.62. The van der Waals surface area contributed by atoms with Gasteiger partial charge in [-0.2, -0.15) is 10.1 Å². The summed E-state index contributed by atoms with van der Waals surface area (Å²) in [6.07, 6.45) is 4.70. The van der Waals surface area contributed by atoms with Crippen LogP contribution in [0.3, 0.4) is 0 Å². The van der Waals surface area contributed by atoms with Crippen molar-refractivity contribution in [3.8, 4) is 28.4 Å². The van der Waals surface area contributed by atoms with E-state index in [1.807, 2.05) is 19.2 Å². The van der Waals surface area contributed by atoms with Crippen LogP contribution >= 0.6 is 0 Å². The maximum absolute atomic E-state index is 5.69. The Bertz CT molecular complexity index is 1560. The van der Waals surface area contributed by atoms with Crippen LogP contribution in [0, 0.1) is 12.8 Å². The zero-order valence-corrected chi connectivity index (χ0v) is 20.6. The summed E-state index contributed by atoms with van der Waals surface area (Å²) in [6, 6.07) is 19.1. The Labute approximate surface area is 209 Å². The van der Waals surface area contributed by atoms with Gasteiger partial charge >= 0.3 is 0 Å². The van der Waals surface area contributed by atoms with Crippen molar-refractivity contribution in [1.82, 2.24) is 25.1 Å². The van der Waals surface area contributed by atoms with E-state index >= 15 is 0 Å². The summed E-state index contributed by atoms with van der Waals surface area (Å²) < 4.78 is 13.4. The van der Waals surface area contributed by atoms with Crippen LogP contribution in [0.1, 0.15) is 54.6 Å². The molecule has 0 radical (unpaired) electrons. The van der Waals surface area contributed by atoms with Gasteiger partial charge in [-0.1, -0.05) is 66.6 Å². The lowest BCUT2D eigenvalue weighted by Gasteiger charge is -2.47. The van der Waals surface area contributed by atoms with Crippen molar-refractivity contribution in [2.45, 2.75) is 51.4 Å². The maximum atomic E-state index is 5.69. The highest BCUT2D eigenvalue weighted by molar-refractivity contribution is 5.65. The third-order valence-electron chi connectivity index (χ3n) is 8.25. The van der Waals surface area contributed by atoms with Crippen LogP contribution in [0.2, 0.25) is 0 Å². The molecule has 36 heavy (non-hydrogen) atoms. The molecule has 2 aliphatic carbocycles. The predicted octanol–water partition coefficient (Wildman–Crippen LogP) is 6.07. The fraction of sp³-hybridized carbons (Fsp3) is 0.310. The molecule has 7 rings (SSSR count). The number of fused-ring (bicyclic) bond motifs is 4. The Morgan fingerprint density at radius 3 is 2.53 bits per heavy atom. The molecule has 0 N–H and O–H groups in total. The molecule has 7 heteroatoms. The largest absolute Gasteiger partial charge is 0.361 e. The molecule has 0 fully saturated rings. The van der Waals surface area contributed by atoms with Crippen molar-refractivity contribution in [2.75, 3.05) is 0 Å². The van der Waals surface area contributed by atoms with E-state index < -0.39 is 0 Å². The topological polar surface area (TPSA) is 82.8 Å². The van der Waals surface area contributed by atoms with E-state index in [9.17, 15) is 0 Å². The van der Waals surface area contributed by atoms with Gasteiger partial charge in [-0.15, -0.1) is 0 Å². The Balaban J connectivity index is 1.42. The summed E-state index contributed by atoms with van der Waals surface area (Å²) >= 11 is 0. The SMILES string of the molecule is Cc1noc(-c2nn(-c3ccc(-c4ccccc4)cc3)c3c2CC[C@@H]2[C@@H](C)c4oncc4C[C@@]32C)n1. The minimum atomic E-state index is -0.135. The first-order valence-electron chi connectivity index (χ1n) is 12.6. The number of hydrogen-bond acceptors (Lipinski definition) is 6. The van der Waals surface area contributed by atoms with Crippen molar-refractivity contribution in [1.29, 1.82) is 0 Å². The van der Waals surface area contributed by atoms with E-state index in [1.54, 1.807) is 0 Å². The summed E-state index contributed by atoms with van der Waals surface area (Å²) in [6.45, 7) is 6.49. The summed E-state index contributed by atoms with van der Waals surface area (Å²) in [5, 5.41) is 13.3. The monoisotopic (exact) mass is 477 g/mol. The molecular weight excluding hydrogens is 450 g/mol. The van der Waals surface area contributed by atoms with E-state index in [0.29, 0.717) is 17.6 Å². The van der Waals surface area contributed by atoms with Gasteiger partial charge in [0.2, 0.25) is 0 Å². The molecule has 7 nitrogen and oxygen atoms in total. The quantitative estimate of drug-likeness (QED) is 0.314. The lowest BCUT2D eigenvalue weighted by Crippen LogP contribution is -2.45. The predicted molar refractivity (Wildman–Crippen MR) is 135 cm³/mol. The number of aromatic nitrogens is 5. The number of rotatable bonds is 3. The number of hydrogen-bond donors (Lipinski definition) is 0. The second-order valence-electron chi connectivity index (χ2n) is 10.4. The van der Waals surface area contributed by atoms with E-state index in [1.165, 1.54) is 27.9 Å². The third kappa shape index (κ3) is 3.05. The van der Waals surface area contributed by atoms with Crippen molar-refractivity contribution in [2.24, 2.45) is 5.92 Å². The smallest absolute Gasteiger partial charge is 0.278 e. The molecule has 0 saturated heterocycles. The van der Waals surface area contributed by atoms with Gasteiger partial charge in [0.15, 0.2) is 11.5 Å². The number of aryl methyl sites for hydroxylation is 1. The molecule has 2 aromatic carbocycles. The van der Waals surface area contributed by atoms with Crippen molar-refractivity contribution < 1.29 is 9.05 Å². The lowest BCUT2D eigenvalue weighted by atomic mass is 9.56. The molecule has 3 aromatic heterocycles. The number of benzene rings is 2. The standard InChI is InChI=1S/C29H27N5O2/c1-17-24-14-13-23-25(28-31-18(2)33-36-28)32-34(27(23)29(24,3)15-21-16-30-35-26(17)21)22-11-9-20(10-12-22)19-7-5-4-6-8-19/h4-12,16-17,24H,13-15H2,1-3H3/t17-,24-,29-/m1/s1. The molecule has 2 aliphatic rings. The molecule has 3 heterocycles. The van der Waals surface area contributed by atoms with E-state index in [0.717, 1.165) is 36.4 Å². The van der Waals surface area contributed by atoms with E-state index in [-0.39, 0.29) is 11.3 Å². The van der Waals surface area contributed by atoms with Gasteiger partial charge in [-0.3, -0.25) is 0 Å². The Hall–Kier alpha value is -4.00. The molecule has 0 amide bonds. The lowest BCUT2D eigenvalue weighted by molar-refractivity contribution is 0.170. The highest BCUT2D eigenvalue weighted by Gasteiger charge is 2.52. The molecular formula is C29H27N5O2. The molecule has 0 aliphatic heterocycles. The highest BCUT2D eigenvalue weighted by atomic mass is 16.5. The van der Waals surface area contributed by atoms with Gasteiger partial charge in [0.1, 0.15) is 5.76 Å². The zero-order valence-electron chi connectivity index (χ0n) is 20.6. The van der Waals surface area contributed by atoms with Gasteiger partial charge in [-0.25, -0.2) is 4.68 Å². The van der Waals surface area contributed by atoms with Crippen LogP contribution < -0.4 is 0 Å². The molecule has 3 atom stereocenters.